The third kappa shape index (κ3) is 3.57. The van der Waals surface area contributed by atoms with Crippen molar-refractivity contribution in [2.45, 2.75) is 20.8 Å². The maximum atomic E-state index is 5.99. The van der Waals surface area contributed by atoms with Gasteiger partial charge in [0, 0.05) is 37.4 Å². The smallest absolute Gasteiger partial charge is 0.0633 e. The molecule has 0 fully saturated rings. The van der Waals surface area contributed by atoms with E-state index in [9.17, 15) is 0 Å². The van der Waals surface area contributed by atoms with E-state index >= 15 is 0 Å². The predicted molar refractivity (Wildman–Crippen MR) is 111 cm³/mol. The predicted octanol–water partition coefficient (Wildman–Crippen LogP) is 6.41. The highest BCUT2D eigenvalue weighted by atomic mass is 127. The van der Waals surface area contributed by atoms with Crippen LogP contribution in [-0.2, 0) is 0 Å². The average molecular weight is 449 g/mol. The van der Waals surface area contributed by atoms with Gasteiger partial charge in [0.2, 0.25) is 0 Å². The fourth-order valence-electron chi connectivity index (χ4n) is 2.76. The molecule has 0 atom stereocenters. The third-order valence-corrected chi connectivity index (χ3v) is 5.51. The maximum absolute atomic E-state index is 5.99. The number of aliphatic imine (C=N–C) groups is 1. The summed E-state index contributed by atoms with van der Waals surface area (Å²) in [5, 5.41) is 0.747. The molecule has 0 unspecified atom stereocenters. The quantitative estimate of drug-likeness (QED) is 0.325. The second-order valence-corrected chi connectivity index (χ2v) is 7.43. The molecule has 0 radical (unpaired) electrons. The molecule has 0 amide bonds. The zero-order valence-corrected chi connectivity index (χ0v) is 16.8. The Morgan fingerprint density at radius 3 is 2.38 bits per heavy atom. The van der Waals surface area contributed by atoms with Crippen molar-refractivity contribution in [1.82, 2.24) is 4.57 Å². The van der Waals surface area contributed by atoms with Crippen molar-refractivity contribution in [1.29, 1.82) is 0 Å². The van der Waals surface area contributed by atoms with Gasteiger partial charge in [0.1, 0.15) is 0 Å². The molecule has 3 aromatic rings. The topological polar surface area (TPSA) is 17.3 Å². The number of benzene rings is 2. The summed E-state index contributed by atoms with van der Waals surface area (Å²) in [6, 6.07) is 16.3. The molecule has 3 rings (SSSR count). The Bertz CT molecular complexity index is 908. The molecule has 4 heteroatoms. The normalized spacial score (nSPS) is 11.4. The van der Waals surface area contributed by atoms with E-state index in [1.165, 1.54) is 20.5 Å². The molecule has 0 spiro atoms. The maximum Gasteiger partial charge on any atom is 0.0633 e. The van der Waals surface area contributed by atoms with E-state index in [4.69, 9.17) is 11.6 Å². The SMILES string of the molecule is Cc1cc(N=Cc2cc(C)n(-c3ccc(Cl)cc3)c2C)ccc1I. The summed E-state index contributed by atoms with van der Waals surface area (Å²) in [5.41, 5.74) is 6.80. The Morgan fingerprint density at radius 2 is 1.71 bits per heavy atom. The van der Waals surface area contributed by atoms with Crippen LogP contribution >= 0.6 is 34.2 Å². The molecule has 0 bridgehead atoms. The van der Waals surface area contributed by atoms with Gasteiger partial charge in [0.05, 0.1) is 5.69 Å². The lowest BCUT2D eigenvalue weighted by atomic mass is 10.2. The van der Waals surface area contributed by atoms with Crippen molar-refractivity contribution in [3.05, 3.63) is 79.6 Å². The molecule has 1 aromatic heterocycles. The van der Waals surface area contributed by atoms with Crippen LogP contribution in [0.3, 0.4) is 0 Å². The molecule has 0 aliphatic rings. The summed E-state index contributed by atoms with van der Waals surface area (Å²) in [6.45, 7) is 6.32. The van der Waals surface area contributed by atoms with Crippen LogP contribution in [0.5, 0.6) is 0 Å². The van der Waals surface area contributed by atoms with Gasteiger partial charge >= 0.3 is 0 Å². The minimum atomic E-state index is 0.747. The molecule has 24 heavy (non-hydrogen) atoms. The highest BCUT2D eigenvalue weighted by Gasteiger charge is 2.09. The van der Waals surface area contributed by atoms with Gasteiger partial charge in [-0.1, -0.05) is 11.6 Å². The minimum Gasteiger partial charge on any atom is -0.318 e. The Morgan fingerprint density at radius 1 is 1.00 bits per heavy atom. The highest BCUT2D eigenvalue weighted by molar-refractivity contribution is 14.1. The molecule has 0 aliphatic carbocycles. The number of hydrogen-bond acceptors (Lipinski definition) is 1. The fraction of sp³-hybridized carbons (Fsp3) is 0.150. The van der Waals surface area contributed by atoms with Crippen molar-refractivity contribution in [2.75, 3.05) is 0 Å². The van der Waals surface area contributed by atoms with E-state index in [2.05, 4.69) is 71.1 Å². The van der Waals surface area contributed by atoms with Gasteiger partial charge in [-0.25, -0.2) is 0 Å². The van der Waals surface area contributed by atoms with Gasteiger partial charge in [-0.2, -0.15) is 0 Å². The molecule has 0 saturated heterocycles. The summed E-state index contributed by atoms with van der Waals surface area (Å²) in [6.07, 6.45) is 1.94. The van der Waals surface area contributed by atoms with Crippen LogP contribution in [0.25, 0.3) is 5.69 Å². The van der Waals surface area contributed by atoms with Gasteiger partial charge < -0.3 is 4.57 Å². The number of rotatable bonds is 3. The van der Waals surface area contributed by atoms with E-state index in [-0.39, 0.29) is 0 Å². The molecule has 0 N–H and O–H groups in total. The molecule has 1 heterocycles. The number of hydrogen-bond donors (Lipinski definition) is 0. The first-order valence-corrected chi connectivity index (χ1v) is 9.16. The standard InChI is InChI=1S/C20H18ClIN2/c1-13-10-18(6-9-20(13)22)23-12-16-11-14(2)24(15(16)3)19-7-4-17(21)5-8-19/h4-12H,1-3H3. The van der Waals surface area contributed by atoms with Gasteiger partial charge in [0.25, 0.3) is 0 Å². The first kappa shape index (κ1) is 17.2. The van der Waals surface area contributed by atoms with Gasteiger partial charge in [0.15, 0.2) is 0 Å². The largest absolute Gasteiger partial charge is 0.318 e. The molecule has 0 aliphatic heterocycles. The number of nitrogens with zero attached hydrogens (tertiary/aromatic N) is 2. The average Bonchev–Trinajstić information content (AvgIpc) is 2.84. The van der Waals surface area contributed by atoms with Gasteiger partial charge in [-0.3, -0.25) is 4.99 Å². The number of halogens is 2. The van der Waals surface area contributed by atoms with Crippen molar-refractivity contribution in [2.24, 2.45) is 4.99 Å². The van der Waals surface area contributed by atoms with E-state index in [0.717, 1.165) is 22.0 Å². The molecular formula is C20H18ClIN2. The zero-order chi connectivity index (χ0) is 17.3. The first-order valence-electron chi connectivity index (χ1n) is 7.71. The number of aryl methyl sites for hydroxylation is 2. The summed E-state index contributed by atoms with van der Waals surface area (Å²) in [5.74, 6) is 0. The van der Waals surface area contributed by atoms with Crippen molar-refractivity contribution >= 4 is 46.1 Å². The lowest BCUT2D eigenvalue weighted by Crippen LogP contribution is -1.99. The minimum absolute atomic E-state index is 0.747. The van der Waals surface area contributed by atoms with Crippen molar-refractivity contribution in [3.8, 4) is 5.69 Å². The monoisotopic (exact) mass is 448 g/mol. The second kappa shape index (κ2) is 7.11. The fourth-order valence-corrected chi connectivity index (χ4v) is 3.22. The highest BCUT2D eigenvalue weighted by Crippen LogP contribution is 2.23. The van der Waals surface area contributed by atoms with Crippen molar-refractivity contribution < 1.29 is 0 Å². The van der Waals surface area contributed by atoms with Crippen molar-refractivity contribution in [3.63, 3.8) is 0 Å². The molecule has 2 nitrogen and oxygen atoms in total. The third-order valence-electron chi connectivity index (χ3n) is 4.05. The van der Waals surface area contributed by atoms with Crippen LogP contribution in [0, 0.1) is 24.3 Å². The Kier molecular flexibility index (Phi) is 5.11. The van der Waals surface area contributed by atoms with E-state index < -0.39 is 0 Å². The Labute approximate surface area is 161 Å². The summed E-state index contributed by atoms with van der Waals surface area (Å²) in [7, 11) is 0. The van der Waals surface area contributed by atoms with Crippen LogP contribution in [0.1, 0.15) is 22.5 Å². The summed E-state index contributed by atoms with van der Waals surface area (Å²) in [4.78, 5) is 4.64. The summed E-state index contributed by atoms with van der Waals surface area (Å²) >= 11 is 8.33. The molecule has 2 aromatic carbocycles. The van der Waals surface area contributed by atoms with E-state index in [1.54, 1.807) is 0 Å². The second-order valence-electron chi connectivity index (χ2n) is 5.83. The van der Waals surface area contributed by atoms with E-state index in [0.29, 0.717) is 0 Å². The molecule has 0 saturated carbocycles. The molecule has 122 valence electrons. The van der Waals surface area contributed by atoms with Crippen LogP contribution in [0.2, 0.25) is 5.02 Å². The lowest BCUT2D eigenvalue weighted by Gasteiger charge is -2.09. The van der Waals surface area contributed by atoms with Gasteiger partial charge in [-0.05, 0) is 97.5 Å². The Balaban J connectivity index is 1.95. The van der Waals surface area contributed by atoms with Crippen LogP contribution < -0.4 is 0 Å². The molecular weight excluding hydrogens is 431 g/mol. The number of aromatic nitrogens is 1. The lowest BCUT2D eigenvalue weighted by molar-refractivity contribution is 0.965. The van der Waals surface area contributed by atoms with Crippen LogP contribution in [0.15, 0.2) is 53.5 Å². The van der Waals surface area contributed by atoms with Crippen LogP contribution in [-0.4, -0.2) is 10.8 Å². The van der Waals surface area contributed by atoms with Gasteiger partial charge in [-0.15, -0.1) is 0 Å². The van der Waals surface area contributed by atoms with E-state index in [1.807, 2.05) is 36.5 Å². The first-order chi connectivity index (χ1) is 11.5. The van der Waals surface area contributed by atoms with Crippen LogP contribution in [0.4, 0.5) is 5.69 Å². The summed E-state index contributed by atoms with van der Waals surface area (Å²) < 4.78 is 3.48. The Hall–Kier alpha value is -1.59. The zero-order valence-electron chi connectivity index (χ0n) is 13.8.